The molecule has 0 bridgehead atoms. The van der Waals surface area contributed by atoms with Crippen LogP contribution in [0.2, 0.25) is 0 Å². The molecule has 3 aromatic rings. The Bertz CT molecular complexity index is 723. The second-order valence-electron chi connectivity index (χ2n) is 4.14. The van der Waals surface area contributed by atoms with Crippen molar-refractivity contribution >= 4 is 17.2 Å². The fourth-order valence-corrected chi connectivity index (χ4v) is 2.28. The number of thiophene rings is 1. The van der Waals surface area contributed by atoms with E-state index in [2.05, 4.69) is 15.3 Å². The largest absolute Gasteiger partial charge is 0.386 e. The van der Waals surface area contributed by atoms with Crippen LogP contribution in [0.1, 0.15) is 11.4 Å². The van der Waals surface area contributed by atoms with E-state index in [-0.39, 0.29) is 6.61 Å². The van der Waals surface area contributed by atoms with Crippen LogP contribution in [-0.4, -0.2) is 16.0 Å². The molecule has 2 N–H and O–H groups in total. The molecule has 0 fully saturated rings. The predicted octanol–water partition coefficient (Wildman–Crippen LogP) is 2.64. The summed E-state index contributed by atoms with van der Waals surface area (Å²) >= 11 is 1.54. The van der Waals surface area contributed by atoms with Crippen molar-refractivity contribution in [1.82, 2.24) is 10.1 Å². The third-order valence-electron chi connectivity index (χ3n) is 2.66. The minimum atomic E-state index is 0.0984. The summed E-state index contributed by atoms with van der Waals surface area (Å²) in [5.41, 5.74) is 7.46. The summed E-state index contributed by atoms with van der Waals surface area (Å²) in [7, 11) is 0. The van der Waals surface area contributed by atoms with Gasteiger partial charge in [0.1, 0.15) is 0 Å². The molecule has 3 rings (SSSR count). The first kappa shape index (κ1) is 13.3. The van der Waals surface area contributed by atoms with Crippen molar-refractivity contribution < 1.29 is 9.36 Å². The van der Waals surface area contributed by atoms with Crippen LogP contribution in [0.3, 0.4) is 0 Å². The topological polar surface area (TPSA) is 86.5 Å². The van der Waals surface area contributed by atoms with Gasteiger partial charge in [0.25, 0.3) is 5.89 Å². The number of benzene rings is 1. The van der Waals surface area contributed by atoms with Crippen molar-refractivity contribution in [3.63, 3.8) is 0 Å². The number of hydrogen-bond acceptors (Lipinski definition) is 6. The van der Waals surface area contributed by atoms with E-state index >= 15 is 0 Å². The highest BCUT2D eigenvalue weighted by molar-refractivity contribution is 7.08. The molecule has 0 unspecified atom stereocenters. The maximum atomic E-state index is 5.77. The molecular formula is C14H12N4O2S. The number of nitrogens with zero attached hydrogens (tertiary/aromatic N) is 3. The monoisotopic (exact) mass is 300 g/mol. The minimum absolute atomic E-state index is 0.0984. The van der Waals surface area contributed by atoms with Gasteiger partial charge in [0, 0.05) is 16.5 Å². The zero-order valence-corrected chi connectivity index (χ0v) is 11.8. The first-order valence-electron chi connectivity index (χ1n) is 6.19. The number of oxime groups is 1. The molecule has 0 spiro atoms. The van der Waals surface area contributed by atoms with Crippen LogP contribution in [0.5, 0.6) is 0 Å². The minimum Gasteiger partial charge on any atom is -0.386 e. The molecule has 0 amide bonds. The highest BCUT2D eigenvalue weighted by atomic mass is 32.1. The molecule has 2 aromatic heterocycles. The summed E-state index contributed by atoms with van der Waals surface area (Å²) in [5, 5.41) is 11.5. The molecule has 0 aliphatic rings. The number of amidine groups is 1. The average molecular weight is 300 g/mol. The third kappa shape index (κ3) is 3.26. The summed E-state index contributed by atoms with van der Waals surface area (Å²) < 4.78 is 5.16. The molecule has 0 atom stereocenters. The maximum Gasteiger partial charge on any atom is 0.258 e. The molecule has 6 nitrogen and oxygen atoms in total. The predicted molar refractivity (Wildman–Crippen MR) is 79.6 cm³/mol. The Morgan fingerprint density at radius 1 is 1.29 bits per heavy atom. The Morgan fingerprint density at radius 2 is 2.14 bits per heavy atom. The van der Waals surface area contributed by atoms with Crippen LogP contribution in [0.15, 0.2) is 56.8 Å². The Balaban J connectivity index is 1.62. The first-order chi connectivity index (χ1) is 10.3. The summed E-state index contributed by atoms with van der Waals surface area (Å²) in [6.45, 7) is 0.0984. The molecule has 1 aromatic carbocycles. The van der Waals surface area contributed by atoms with Crippen molar-refractivity contribution in [3.05, 3.63) is 58.5 Å². The zero-order valence-electron chi connectivity index (χ0n) is 11.0. The number of nitrogens with two attached hydrogens (primary N) is 1. The second kappa shape index (κ2) is 6.19. The van der Waals surface area contributed by atoms with Crippen LogP contribution in [0.25, 0.3) is 11.5 Å². The fraction of sp³-hybridized carbons (Fsp3) is 0.0714. The third-order valence-corrected chi connectivity index (χ3v) is 3.35. The van der Waals surface area contributed by atoms with Crippen LogP contribution < -0.4 is 5.73 Å². The lowest BCUT2D eigenvalue weighted by Crippen LogP contribution is -2.12. The summed E-state index contributed by atoms with van der Waals surface area (Å²) in [5.74, 6) is 1.18. The van der Waals surface area contributed by atoms with Gasteiger partial charge in [-0.2, -0.15) is 16.3 Å². The molecule has 0 saturated carbocycles. The van der Waals surface area contributed by atoms with Crippen molar-refractivity contribution in [1.29, 1.82) is 0 Å². The highest BCUT2D eigenvalue weighted by Crippen LogP contribution is 2.16. The van der Waals surface area contributed by atoms with Crippen LogP contribution >= 0.6 is 11.3 Å². The first-order valence-corrected chi connectivity index (χ1v) is 7.13. The van der Waals surface area contributed by atoms with E-state index in [1.54, 1.807) is 11.3 Å². The lowest BCUT2D eigenvalue weighted by Gasteiger charge is -1.97. The SMILES string of the molecule is NC(=NOCc1noc(-c2ccccc2)n1)c1ccsc1. The van der Waals surface area contributed by atoms with Gasteiger partial charge in [0.15, 0.2) is 12.4 Å². The van der Waals surface area contributed by atoms with E-state index in [0.717, 1.165) is 11.1 Å². The second-order valence-corrected chi connectivity index (χ2v) is 4.92. The van der Waals surface area contributed by atoms with E-state index in [1.807, 2.05) is 47.2 Å². The van der Waals surface area contributed by atoms with E-state index in [1.165, 1.54) is 0 Å². The van der Waals surface area contributed by atoms with Crippen molar-refractivity contribution in [2.45, 2.75) is 6.61 Å². The number of aromatic nitrogens is 2. The van der Waals surface area contributed by atoms with Gasteiger partial charge in [-0.25, -0.2) is 0 Å². The zero-order chi connectivity index (χ0) is 14.5. The van der Waals surface area contributed by atoms with Gasteiger partial charge in [-0.15, -0.1) is 0 Å². The Labute approximate surface area is 124 Å². The molecule has 0 saturated heterocycles. The van der Waals surface area contributed by atoms with Crippen LogP contribution in [-0.2, 0) is 11.4 Å². The van der Waals surface area contributed by atoms with Gasteiger partial charge in [0.2, 0.25) is 5.82 Å². The molecule has 0 radical (unpaired) electrons. The summed E-state index contributed by atoms with van der Waals surface area (Å²) in [6.07, 6.45) is 0. The van der Waals surface area contributed by atoms with Crippen molar-refractivity contribution in [2.24, 2.45) is 10.9 Å². The molecule has 2 heterocycles. The summed E-state index contributed by atoms with van der Waals surface area (Å²) in [4.78, 5) is 9.37. The van der Waals surface area contributed by atoms with Gasteiger partial charge in [-0.3, -0.25) is 0 Å². The van der Waals surface area contributed by atoms with E-state index < -0.39 is 0 Å². The summed E-state index contributed by atoms with van der Waals surface area (Å²) in [6, 6.07) is 11.4. The molecule has 21 heavy (non-hydrogen) atoms. The molecule has 0 aliphatic heterocycles. The van der Waals surface area contributed by atoms with Gasteiger partial charge >= 0.3 is 0 Å². The molecule has 106 valence electrons. The lowest BCUT2D eigenvalue weighted by atomic mass is 10.2. The maximum absolute atomic E-state index is 5.77. The quantitative estimate of drug-likeness (QED) is 0.444. The number of hydrogen-bond donors (Lipinski definition) is 1. The van der Waals surface area contributed by atoms with Gasteiger partial charge < -0.3 is 15.1 Å². The standard InChI is InChI=1S/C14H12N4O2S/c15-13(11-6-7-21-9-11)18-19-8-12-16-14(20-17-12)10-4-2-1-3-5-10/h1-7,9H,8H2,(H2,15,18). The molecule has 7 heteroatoms. The average Bonchev–Trinajstić information content (AvgIpc) is 3.20. The van der Waals surface area contributed by atoms with Crippen LogP contribution in [0.4, 0.5) is 0 Å². The Morgan fingerprint density at radius 3 is 2.90 bits per heavy atom. The smallest absolute Gasteiger partial charge is 0.258 e. The molecular weight excluding hydrogens is 288 g/mol. The van der Waals surface area contributed by atoms with E-state index in [9.17, 15) is 0 Å². The van der Waals surface area contributed by atoms with Crippen LogP contribution in [0, 0.1) is 0 Å². The number of rotatable bonds is 5. The van der Waals surface area contributed by atoms with Gasteiger partial charge in [-0.1, -0.05) is 28.5 Å². The van der Waals surface area contributed by atoms with Gasteiger partial charge in [0.05, 0.1) is 0 Å². The normalized spacial score (nSPS) is 11.5. The van der Waals surface area contributed by atoms with Crippen molar-refractivity contribution in [2.75, 3.05) is 0 Å². The lowest BCUT2D eigenvalue weighted by molar-refractivity contribution is 0.122. The highest BCUT2D eigenvalue weighted by Gasteiger charge is 2.08. The Kier molecular flexibility index (Phi) is 3.92. The van der Waals surface area contributed by atoms with Crippen molar-refractivity contribution in [3.8, 4) is 11.5 Å². The van der Waals surface area contributed by atoms with E-state index in [4.69, 9.17) is 15.1 Å². The fourth-order valence-electron chi connectivity index (χ4n) is 1.63. The van der Waals surface area contributed by atoms with E-state index in [0.29, 0.717) is 17.6 Å². The molecule has 0 aliphatic carbocycles. The Hall–Kier alpha value is -2.67. The van der Waals surface area contributed by atoms with Gasteiger partial charge in [-0.05, 0) is 23.6 Å².